The Morgan fingerprint density at radius 1 is 1.00 bits per heavy atom. The average molecular weight is 242 g/mol. The second kappa shape index (κ2) is 11.0. The summed E-state index contributed by atoms with van der Waals surface area (Å²) in [5.74, 6) is 0.843. The standard InChI is InChI=1S/C15H34N2/c1-5-9-10-11-15(12-16)17(8-4)13-14(6-2)7-3/h14-15H,5-13,16H2,1-4H3. The Kier molecular flexibility index (Phi) is 11.0. The van der Waals surface area contributed by atoms with E-state index in [-0.39, 0.29) is 0 Å². The third kappa shape index (κ3) is 7.05. The lowest BCUT2D eigenvalue weighted by Crippen LogP contribution is -2.43. The molecule has 0 aromatic rings. The Morgan fingerprint density at radius 2 is 1.65 bits per heavy atom. The first-order valence-electron chi connectivity index (χ1n) is 7.67. The van der Waals surface area contributed by atoms with Crippen LogP contribution >= 0.6 is 0 Å². The zero-order valence-electron chi connectivity index (χ0n) is 12.5. The first-order valence-corrected chi connectivity index (χ1v) is 7.67. The maximum absolute atomic E-state index is 5.95. The Morgan fingerprint density at radius 3 is 2.06 bits per heavy atom. The molecule has 2 N–H and O–H groups in total. The maximum Gasteiger partial charge on any atom is 0.0218 e. The van der Waals surface area contributed by atoms with Crippen LogP contribution in [0.4, 0.5) is 0 Å². The van der Waals surface area contributed by atoms with Gasteiger partial charge in [0.25, 0.3) is 0 Å². The van der Waals surface area contributed by atoms with E-state index < -0.39 is 0 Å². The number of likely N-dealkylation sites (N-methyl/N-ethyl adjacent to an activating group) is 1. The molecule has 0 fully saturated rings. The van der Waals surface area contributed by atoms with Gasteiger partial charge in [0.05, 0.1) is 0 Å². The van der Waals surface area contributed by atoms with Crippen molar-refractivity contribution < 1.29 is 0 Å². The topological polar surface area (TPSA) is 29.3 Å². The molecule has 0 aromatic heterocycles. The number of hydrogen-bond acceptors (Lipinski definition) is 2. The van der Waals surface area contributed by atoms with Gasteiger partial charge in [-0.2, -0.15) is 0 Å². The summed E-state index contributed by atoms with van der Waals surface area (Å²) in [4.78, 5) is 2.60. The zero-order chi connectivity index (χ0) is 13.1. The van der Waals surface area contributed by atoms with E-state index in [0.717, 1.165) is 19.0 Å². The number of nitrogens with two attached hydrogens (primary N) is 1. The van der Waals surface area contributed by atoms with Gasteiger partial charge in [-0.15, -0.1) is 0 Å². The highest BCUT2D eigenvalue weighted by atomic mass is 15.2. The van der Waals surface area contributed by atoms with Gasteiger partial charge in [-0.3, -0.25) is 4.90 Å². The highest BCUT2D eigenvalue weighted by molar-refractivity contribution is 4.74. The summed E-state index contributed by atoms with van der Waals surface area (Å²) in [5, 5.41) is 0. The van der Waals surface area contributed by atoms with E-state index in [1.807, 2.05) is 0 Å². The second-order valence-corrected chi connectivity index (χ2v) is 5.16. The summed E-state index contributed by atoms with van der Waals surface area (Å²) in [6.45, 7) is 12.3. The molecule has 0 saturated carbocycles. The summed E-state index contributed by atoms with van der Waals surface area (Å²) in [6.07, 6.45) is 7.84. The Hall–Kier alpha value is -0.0800. The number of unbranched alkanes of at least 4 members (excludes halogenated alkanes) is 2. The van der Waals surface area contributed by atoms with Crippen molar-refractivity contribution in [2.45, 2.75) is 72.3 Å². The Balaban J connectivity index is 4.16. The van der Waals surface area contributed by atoms with Crippen LogP contribution in [0.15, 0.2) is 0 Å². The van der Waals surface area contributed by atoms with Crippen molar-refractivity contribution in [3.8, 4) is 0 Å². The highest BCUT2D eigenvalue weighted by Gasteiger charge is 2.17. The summed E-state index contributed by atoms with van der Waals surface area (Å²) in [7, 11) is 0. The Bertz CT molecular complexity index is 155. The van der Waals surface area contributed by atoms with Crippen LogP contribution in [0.2, 0.25) is 0 Å². The molecule has 0 aliphatic heterocycles. The first kappa shape index (κ1) is 16.9. The molecule has 0 rings (SSSR count). The molecule has 0 bridgehead atoms. The third-order valence-corrected chi connectivity index (χ3v) is 3.98. The lowest BCUT2D eigenvalue weighted by molar-refractivity contribution is 0.163. The molecule has 0 spiro atoms. The van der Waals surface area contributed by atoms with Gasteiger partial charge in [0, 0.05) is 19.1 Å². The molecule has 0 saturated heterocycles. The van der Waals surface area contributed by atoms with E-state index in [4.69, 9.17) is 5.73 Å². The number of nitrogens with zero attached hydrogens (tertiary/aromatic N) is 1. The molecule has 1 unspecified atom stereocenters. The van der Waals surface area contributed by atoms with Gasteiger partial charge in [-0.25, -0.2) is 0 Å². The molecule has 0 aliphatic carbocycles. The fourth-order valence-electron chi connectivity index (χ4n) is 2.49. The lowest BCUT2D eigenvalue weighted by atomic mass is 10.00. The van der Waals surface area contributed by atoms with Crippen molar-refractivity contribution in [2.24, 2.45) is 11.7 Å². The van der Waals surface area contributed by atoms with Gasteiger partial charge < -0.3 is 5.73 Å². The molecule has 17 heavy (non-hydrogen) atoms. The molecule has 0 amide bonds. The highest BCUT2D eigenvalue weighted by Crippen LogP contribution is 2.15. The van der Waals surface area contributed by atoms with Gasteiger partial charge in [0.15, 0.2) is 0 Å². The minimum atomic E-state index is 0.604. The van der Waals surface area contributed by atoms with Crippen molar-refractivity contribution in [1.29, 1.82) is 0 Å². The van der Waals surface area contributed by atoms with Crippen molar-refractivity contribution in [2.75, 3.05) is 19.6 Å². The van der Waals surface area contributed by atoms with E-state index in [9.17, 15) is 0 Å². The van der Waals surface area contributed by atoms with Crippen LogP contribution in [0.25, 0.3) is 0 Å². The van der Waals surface area contributed by atoms with E-state index in [0.29, 0.717) is 6.04 Å². The zero-order valence-corrected chi connectivity index (χ0v) is 12.5. The average Bonchev–Trinajstić information content (AvgIpc) is 2.37. The third-order valence-electron chi connectivity index (χ3n) is 3.98. The largest absolute Gasteiger partial charge is 0.329 e. The molecule has 0 radical (unpaired) electrons. The summed E-state index contributed by atoms with van der Waals surface area (Å²) in [6, 6.07) is 0.604. The molecular weight excluding hydrogens is 208 g/mol. The normalized spacial score (nSPS) is 13.6. The summed E-state index contributed by atoms with van der Waals surface area (Å²) < 4.78 is 0. The number of hydrogen-bond donors (Lipinski definition) is 1. The van der Waals surface area contributed by atoms with E-state index >= 15 is 0 Å². The molecular formula is C15H34N2. The fraction of sp³-hybridized carbons (Fsp3) is 1.00. The van der Waals surface area contributed by atoms with Crippen LogP contribution in [0.3, 0.4) is 0 Å². The van der Waals surface area contributed by atoms with E-state index in [2.05, 4.69) is 32.6 Å². The van der Waals surface area contributed by atoms with Crippen LogP contribution in [0.1, 0.15) is 66.2 Å². The van der Waals surface area contributed by atoms with Crippen LogP contribution in [0, 0.1) is 5.92 Å². The predicted octanol–water partition coefficient (Wildman–Crippen LogP) is 3.65. The quantitative estimate of drug-likeness (QED) is 0.560. The monoisotopic (exact) mass is 242 g/mol. The van der Waals surface area contributed by atoms with Crippen molar-refractivity contribution in [3.63, 3.8) is 0 Å². The molecule has 104 valence electrons. The maximum atomic E-state index is 5.95. The smallest absolute Gasteiger partial charge is 0.0218 e. The molecule has 2 heteroatoms. The molecule has 2 nitrogen and oxygen atoms in total. The predicted molar refractivity (Wildman–Crippen MR) is 78.3 cm³/mol. The van der Waals surface area contributed by atoms with Crippen LogP contribution in [-0.2, 0) is 0 Å². The summed E-state index contributed by atoms with van der Waals surface area (Å²) in [5.41, 5.74) is 5.95. The van der Waals surface area contributed by atoms with Crippen molar-refractivity contribution in [1.82, 2.24) is 4.90 Å². The minimum absolute atomic E-state index is 0.604. The minimum Gasteiger partial charge on any atom is -0.329 e. The van der Waals surface area contributed by atoms with Gasteiger partial charge in [-0.05, 0) is 18.9 Å². The van der Waals surface area contributed by atoms with Crippen LogP contribution in [-0.4, -0.2) is 30.6 Å². The second-order valence-electron chi connectivity index (χ2n) is 5.16. The van der Waals surface area contributed by atoms with Crippen LogP contribution in [0.5, 0.6) is 0 Å². The lowest BCUT2D eigenvalue weighted by Gasteiger charge is -2.32. The Labute approximate surface area is 109 Å². The fourth-order valence-corrected chi connectivity index (χ4v) is 2.49. The SMILES string of the molecule is CCCCCC(CN)N(CC)CC(CC)CC. The van der Waals surface area contributed by atoms with Crippen molar-refractivity contribution in [3.05, 3.63) is 0 Å². The van der Waals surface area contributed by atoms with Gasteiger partial charge in [0.2, 0.25) is 0 Å². The molecule has 0 aliphatic rings. The molecule has 0 heterocycles. The first-order chi connectivity index (χ1) is 8.23. The molecule has 1 atom stereocenters. The van der Waals surface area contributed by atoms with Gasteiger partial charge in [-0.1, -0.05) is 59.8 Å². The summed E-state index contributed by atoms with van der Waals surface area (Å²) >= 11 is 0. The van der Waals surface area contributed by atoms with Gasteiger partial charge >= 0.3 is 0 Å². The van der Waals surface area contributed by atoms with Crippen molar-refractivity contribution >= 4 is 0 Å². The van der Waals surface area contributed by atoms with E-state index in [1.165, 1.54) is 45.1 Å². The van der Waals surface area contributed by atoms with Crippen LogP contribution < -0.4 is 5.73 Å². The number of rotatable bonds is 11. The molecule has 0 aromatic carbocycles. The van der Waals surface area contributed by atoms with Gasteiger partial charge in [0.1, 0.15) is 0 Å². The van der Waals surface area contributed by atoms with E-state index in [1.54, 1.807) is 0 Å².